The van der Waals surface area contributed by atoms with E-state index in [9.17, 15) is 0 Å². The van der Waals surface area contributed by atoms with Crippen molar-refractivity contribution in [1.29, 1.82) is 0 Å². The molecule has 1 aromatic heterocycles. The van der Waals surface area contributed by atoms with Crippen LogP contribution in [0.1, 0.15) is 52.2 Å². The van der Waals surface area contributed by atoms with Gasteiger partial charge in [0.15, 0.2) is 5.82 Å². The molecule has 1 unspecified atom stereocenters. The average molecular weight is 316 g/mol. The maximum atomic E-state index is 5.31. The molecule has 0 fully saturated rings. The fourth-order valence-corrected chi connectivity index (χ4v) is 2.45. The van der Waals surface area contributed by atoms with E-state index in [0.29, 0.717) is 5.82 Å². The van der Waals surface area contributed by atoms with Crippen molar-refractivity contribution >= 4 is 21.7 Å². The standard InChI is InChI=1S/C13H22BrN3O/c1-7-15-12-9(14)10(13(3,4)5)16-11(17-12)8(2)18-6/h8H,7H2,1-6H3,(H,15,16,17). The van der Waals surface area contributed by atoms with Crippen LogP contribution in [0.25, 0.3) is 0 Å². The Labute approximate surface area is 118 Å². The second-order valence-corrected chi connectivity index (χ2v) is 6.04. The predicted molar refractivity (Wildman–Crippen MR) is 78.0 cm³/mol. The molecule has 0 spiro atoms. The number of hydrogen-bond acceptors (Lipinski definition) is 4. The van der Waals surface area contributed by atoms with Gasteiger partial charge in [-0.05, 0) is 29.8 Å². The zero-order valence-corrected chi connectivity index (χ0v) is 13.6. The Morgan fingerprint density at radius 1 is 1.33 bits per heavy atom. The van der Waals surface area contributed by atoms with Gasteiger partial charge < -0.3 is 10.1 Å². The van der Waals surface area contributed by atoms with Gasteiger partial charge in [0.25, 0.3) is 0 Å². The first-order chi connectivity index (χ1) is 8.31. The summed E-state index contributed by atoms with van der Waals surface area (Å²) < 4.78 is 6.24. The van der Waals surface area contributed by atoms with E-state index in [0.717, 1.165) is 22.5 Å². The molecule has 0 aliphatic rings. The molecule has 0 saturated heterocycles. The Morgan fingerprint density at radius 2 is 1.94 bits per heavy atom. The zero-order chi connectivity index (χ0) is 13.9. The van der Waals surface area contributed by atoms with Gasteiger partial charge in [0.1, 0.15) is 11.9 Å². The maximum absolute atomic E-state index is 5.31. The summed E-state index contributed by atoms with van der Waals surface area (Å²) in [5, 5.41) is 3.25. The minimum absolute atomic E-state index is 0.0475. The number of methoxy groups -OCH3 is 1. The molecule has 1 atom stereocenters. The Bertz CT molecular complexity index is 415. The second-order valence-electron chi connectivity index (χ2n) is 5.25. The molecule has 0 radical (unpaired) electrons. The van der Waals surface area contributed by atoms with E-state index in [-0.39, 0.29) is 11.5 Å². The van der Waals surface area contributed by atoms with Gasteiger partial charge in [-0.15, -0.1) is 0 Å². The van der Waals surface area contributed by atoms with Gasteiger partial charge >= 0.3 is 0 Å². The molecule has 0 bridgehead atoms. The lowest BCUT2D eigenvalue weighted by Gasteiger charge is -2.23. The first-order valence-corrected chi connectivity index (χ1v) is 6.95. The van der Waals surface area contributed by atoms with Crippen LogP contribution in [0.4, 0.5) is 5.82 Å². The summed E-state index contributed by atoms with van der Waals surface area (Å²) in [6, 6.07) is 0. The average Bonchev–Trinajstić information content (AvgIpc) is 2.29. The third kappa shape index (κ3) is 3.42. The molecule has 5 heteroatoms. The van der Waals surface area contributed by atoms with Crippen LogP contribution in [0.3, 0.4) is 0 Å². The van der Waals surface area contributed by atoms with Crippen LogP contribution < -0.4 is 5.32 Å². The first kappa shape index (κ1) is 15.4. The van der Waals surface area contributed by atoms with Gasteiger partial charge in [-0.3, -0.25) is 0 Å². The quantitative estimate of drug-likeness (QED) is 0.920. The lowest BCUT2D eigenvalue weighted by molar-refractivity contribution is 0.111. The van der Waals surface area contributed by atoms with Crippen molar-refractivity contribution in [2.45, 2.75) is 46.1 Å². The molecular formula is C13H22BrN3O. The van der Waals surface area contributed by atoms with Crippen LogP contribution >= 0.6 is 15.9 Å². The van der Waals surface area contributed by atoms with E-state index in [1.807, 2.05) is 13.8 Å². The molecule has 0 aliphatic carbocycles. The van der Waals surface area contributed by atoms with Crippen LogP contribution in [-0.2, 0) is 10.2 Å². The third-order valence-corrected chi connectivity index (χ3v) is 3.39. The van der Waals surface area contributed by atoms with Gasteiger partial charge in [0, 0.05) is 19.1 Å². The molecule has 1 aromatic rings. The van der Waals surface area contributed by atoms with Crippen molar-refractivity contribution in [1.82, 2.24) is 9.97 Å². The highest BCUT2D eigenvalue weighted by Crippen LogP contribution is 2.33. The number of ether oxygens (including phenoxy) is 1. The Hall–Kier alpha value is -0.680. The van der Waals surface area contributed by atoms with Gasteiger partial charge in [0.2, 0.25) is 0 Å². The van der Waals surface area contributed by atoms with Crippen LogP contribution in [0.15, 0.2) is 4.47 Å². The molecule has 0 saturated carbocycles. The number of rotatable bonds is 4. The van der Waals surface area contributed by atoms with E-state index in [1.54, 1.807) is 7.11 Å². The lowest BCUT2D eigenvalue weighted by atomic mass is 9.91. The van der Waals surface area contributed by atoms with Crippen molar-refractivity contribution in [2.75, 3.05) is 19.0 Å². The summed E-state index contributed by atoms with van der Waals surface area (Å²) in [6.07, 6.45) is -0.114. The topological polar surface area (TPSA) is 47.0 Å². The SMILES string of the molecule is CCNc1nc(C(C)OC)nc(C(C)(C)C)c1Br. The van der Waals surface area contributed by atoms with E-state index >= 15 is 0 Å². The molecular weight excluding hydrogens is 294 g/mol. The van der Waals surface area contributed by atoms with Crippen molar-refractivity contribution in [3.63, 3.8) is 0 Å². The largest absolute Gasteiger partial charge is 0.374 e. The number of hydrogen-bond donors (Lipinski definition) is 1. The number of aromatic nitrogens is 2. The van der Waals surface area contributed by atoms with E-state index < -0.39 is 0 Å². The number of halogens is 1. The smallest absolute Gasteiger partial charge is 0.159 e. The molecule has 1 N–H and O–H groups in total. The summed E-state index contributed by atoms with van der Waals surface area (Å²) >= 11 is 3.59. The highest BCUT2D eigenvalue weighted by Gasteiger charge is 2.24. The fourth-order valence-electron chi connectivity index (χ4n) is 1.53. The maximum Gasteiger partial charge on any atom is 0.159 e. The number of nitrogens with zero attached hydrogens (tertiary/aromatic N) is 2. The minimum Gasteiger partial charge on any atom is -0.374 e. The molecule has 0 amide bonds. The summed E-state index contributed by atoms with van der Waals surface area (Å²) in [5.41, 5.74) is 0.945. The highest BCUT2D eigenvalue weighted by atomic mass is 79.9. The van der Waals surface area contributed by atoms with Crippen molar-refractivity contribution in [3.8, 4) is 0 Å². The van der Waals surface area contributed by atoms with E-state index in [1.165, 1.54) is 0 Å². The van der Waals surface area contributed by atoms with Crippen molar-refractivity contribution in [3.05, 3.63) is 16.0 Å². The summed E-state index contributed by atoms with van der Waals surface area (Å²) in [6.45, 7) is 11.2. The zero-order valence-electron chi connectivity index (χ0n) is 12.0. The Kier molecular flexibility index (Phi) is 5.10. The summed E-state index contributed by atoms with van der Waals surface area (Å²) in [5.74, 6) is 1.54. The Morgan fingerprint density at radius 3 is 2.39 bits per heavy atom. The van der Waals surface area contributed by atoms with Gasteiger partial charge in [-0.1, -0.05) is 20.8 Å². The summed E-state index contributed by atoms with van der Waals surface area (Å²) in [7, 11) is 1.67. The molecule has 4 nitrogen and oxygen atoms in total. The van der Waals surface area contributed by atoms with Crippen LogP contribution in [0.2, 0.25) is 0 Å². The normalized spacial score (nSPS) is 13.5. The lowest BCUT2D eigenvalue weighted by Crippen LogP contribution is -2.19. The van der Waals surface area contributed by atoms with Crippen molar-refractivity contribution < 1.29 is 4.74 Å². The second kappa shape index (κ2) is 5.97. The molecule has 0 aromatic carbocycles. The molecule has 1 heterocycles. The third-order valence-electron chi connectivity index (χ3n) is 2.64. The Balaban J connectivity index is 3.37. The molecule has 0 aliphatic heterocycles. The molecule has 102 valence electrons. The van der Waals surface area contributed by atoms with Crippen LogP contribution in [0, 0.1) is 0 Å². The first-order valence-electron chi connectivity index (χ1n) is 6.15. The van der Waals surface area contributed by atoms with Gasteiger partial charge in [-0.2, -0.15) is 0 Å². The monoisotopic (exact) mass is 315 g/mol. The predicted octanol–water partition coefficient (Wildman–Crippen LogP) is 3.68. The van der Waals surface area contributed by atoms with Gasteiger partial charge in [-0.25, -0.2) is 9.97 Å². The van der Waals surface area contributed by atoms with Crippen LogP contribution in [0.5, 0.6) is 0 Å². The van der Waals surface area contributed by atoms with Crippen LogP contribution in [-0.4, -0.2) is 23.6 Å². The fraction of sp³-hybridized carbons (Fsp3) is 0.692. The van der Waals surface area contributed by atoms with Crippen molar-refractivity contribution in [2.24, 2.45) is 0 Å². The summed E-state index contributed by atoms with van der Waals surface area (Å²) in [4.78, 5) is 9.15. The van der Waals surface area contributed by atoms with E-state index in [2.05, 4.69) is 52.0 Å². The molecule has 18 heavy (non-hydrogen) atoms. The van der Waals surface area contributed by atoms with Gasteiger partial charge in [0.05, 0.1) is 10.2 Å². The highest BCUT2D eigenvalue weighted by molar-refractivity contribution is 9.10. The minimum atomic E-state index is -0.114. The number of nitrogens with one attached hydrogen (secondary N) is 1. The van der Waals surface area contributed by atoms with E-state index in [4.69, 9.17) is 4.74 Å². The number of anilines is 1. The molecule has 1 rings (SSSR count).